The van der Waals surface area contributed by atoms with E-state index in [0.717, 1.165) is 32.5 Å². The summed E-state index contributed by atoms with van der Waals surface area (Å²) in [6.07, 6.45) is 4.60. The summed E-state index contributed by atoms with van der Waals surface area (Å²) in [6, 6.07) is 0.276. The van der Waals surface area contributed by atoms with Crippen molar-refractivity contribution in [1.82, 2.24) is 10.2 Å². The van der Waals surface area contributed by atoms with E-state index in [4.69, 9.17) is 5.73 Å². The van der Waals surface area contributed by atoms with Crippen molar-refractivity contribution < 1.29 is 4.79 Å². The average molecular weight is 269 g/mol. The Hall–Kier alpha value is -0.610. The van der Waals surface area contributed by atoms with Gasteiger partial charge in [-0.25, -0.2) is 0 Å². The average Bonchev–Trinajstić information content (AvgIpc) is 3.16. The maximum atomic E-state index is 12.1. The molecular weight excluding hydrogens is 238 g/mol. The second kappa shape index (κ2) is 7.25. The van der Waals surface area contributed by atoms with Crippen molar-refractivity contribution in [2.24, 2.45) is 11.7 Å². The molecule has 1 fully saturated rings. The van der Waals surface area contributed by atoms with E-state index in [1.54, 1.807) is 0 Å². The van der Waals surface area contributed by atoms with Crippen LogP contribution in [-0.4, -0.2) is 42.0 Å². The molecule has 0 aromatic heterocycles. The summed E-state index contributed by atoms with van der Waals surface area (Å²) < 4.78 is 0. The lowest BCUT2D eigenvalue weighted by Crippen LogP contribution is -2.64. The molecule has 1 amide bonds. The highest BCUT2D eigenvalue weighted by molar-refractivity contribution is 5.86. The molecular formula is C15H31N3O. The van der Waals surface area contributed by atoms with Gasteiger partial charge in [-0.15, -0.1) is 0 Å². The predicted molar refractivity (Wildman–Crippen MR) is 79.9 cm³/mol. The van der Waals surface area contributed by atoms with Gasteiger partial charge in [-0.3, -0.25) is 10.1 Å². The minimum absolute atomic E-state index is 0.182. The van der Waals surface area contributed by atoms with Crippen molar-refractivity contribution in [3.05, 3.63) is 0 Å². The number of unbranched alkanes of at least 4 members (excludes halogenated alkanes) is 1. The summed E-state index contributed by atoms with van der Waals surface area (Å²) >= 11 is 0. The third-order valence-corrected chi connectivity index (χ3v) is 4.01. The quantitative estimate of drug-likeness (QED) is 0.635. The van der Waals surface area contributed by atoms with Crippen LogP contribution >= 0.6 is 0 Å². The second-order valence-corrected chi connectivity index (χ2v) is 6.13. The van der Waals surface area contributed by atoms with E-state index in [1.165, 1.54) is 12.8 Å². The summed E-state index contributed by atoms with van der Waals surface area (Å²) in [5.74, 6) is 0.238. The Morgan fingerprint density at radius 2 is 2.05 bits per heavy atom. The summed E-state index contributed by atoms with van der Waals surface area (Å²) in [7, 11) is 0. The molecule has 1 aliphatic carbocycles. The van der Waals surface area contributed by atoms with E-state index in [2.05, 4.69) is 37.9 Å². The van der Waals surface area contributed by atoms with Gasteiger partial charge in [-0.2, -0.15) is 0 Å². The topological polar surface area (TPSA) is 58.4 Å². The van der Waals surface area contributed by atoms with E-state index in [-0.39, 0.29) is 11.9 Å². The number of likely N-dealkylation sites (N-methyl/N-ethyl adjacent to an activating group) is 1. The van der Waals surface area contributed by atoms with E-state index >= 15 is 0 Å². The number of hydrogen-bond acceptors (Lipinski definition) is 3. The van der Waals surface area contributed by atoms with Crippen LogP contribution in [0.3, 0.4) is 0 Å². The lowest BCUT2D eigenvalue weighted by Gasteiger charge is -2.38. The van der Waals surface area contributed by atoms with Gasteiger partial charge in [0.05, 0.1) is 0 Å². The van der Waals surface area contributed by atoms with Crippen LogP contribution in [0.5, 0.6) is 0 Å². The minimum atomic E-state index is -0.530. The first-order chi connectivity index (χ1) is 8.96. The highest BCUT2D eigenvalue weighted by Crippen LogP contribution is 2.40. The molecule has 1 unspecified atom stereocenters. The van der Waals surface area contributed by atoms with Crippen LogP contribution in [0.15, 0.2) is 0 Å². The third kappa shape index (κ3) is 4.46. The number of nitrogens with zero attached hydrogens (tertiary/aromatic N) is 1. The van der Waals surface area contributed by atoms with Crippen LogP contribution in [0.2, 0.25) is 0 Å². The highest BCUT2D eigenvalue weighted by atomic mass is 16.1. The maximum Gasteiger partial charge on any atom is 0.239 e. The van der Waals surface area contributed by atoms with Gasteiger partial charge in [0.2, 0.25) is 5.91 Å². The zero-order chi connectivity index (χ0) is 14.5. The fraction of sp³-hybridized carbons (Fsp3) is 0.933. The van der Waals surface area contributed by atoms with Crippen LogP contribution in [0, 0.1) is 5.92 Å². The highest BCUT2D eigenvalue weighted by Gasteiger charge is 2.50. The molecule has 1 saturated carbocycles. The number of carbonyl (C=O) groups is 1. The monoisotopic (exact) mass is 269 g/mol. The zero-order valence-corrected chi connectivity index (χ0v) is 13.0. The van der Waals surface area contributed by atoms with Gasteiger partial charge in [-0.1, -0.05) is 20.3 Å². The van der Waals surface area contributed by atoms with Gasteiger partial charge in [-0.05, 0) is 52.1 Å². The molecule has 0 heterocycles. The molecule has 112 valence electrons. The second-order valence-electron chi connectivity index (χ2n) is 6.13. The van der Waals surface area contributed by atoms with Crippen LogP contribution in [0.1, 0.15) is 53.4 Å². The molecule has 0 spiro atoms. The van der Waals surface area contributed by atoms with Gasteiger partial charge in [0.15, 0.2) is 0 Å². The van der Waals surface area contributed by atoms with Crippen LogP contribution in [0.4, 0.5) is 0 Å². The van der Waals surface area contributed by atoms with Crippen molar-refractivity contribution in [2.75, 3.05) is 19.6 Å². The number of rotatable bonds is 10. The Labute approximate surface area is 118 Å². The molecule has 1 rings (SSSR count). The first kappa shape index (κ1) is 16.4. The molecule has 0 aromatic rings. The van der Waals surface area contributed by atoms with Gasteiger partial charge in [0.25, 0.3) is 0 Å². The zero-order valence-electron chi connectivity index (χ0n) is 13.0. The largest absolute Gasteiger partial charge is 0.368 e. The maximum absolute atomic E-state index is 12.1. The molecule has 0 aliphatic heterocycles. The summed E-state index contributed by atoms with van der Waals surface area (Å²) in [5.41, 5.74) is 5.23. The number of nitrogens with two attached hydrogens (primary N) is 1. The lowest BCUT2D eigenvalue weighted by atomic mass is 9.90. The van der Waals surface area contributed by atoms with E-state index in [1.807, 2.05) is 0 Å². The fourth-order valence-corrected chi connectivity index (χ4v) is 2.82. The van der Waals surface area contributed by atoms with Crippen LogP contribution < -0.4 is 11.1 Å². The van der Waals surface area contributed by atoms with Gasteiger partial charge < -0.3 is 10.6 Å². The standard InChI is InChI=1S/C15H31N3O/c1-5-7-10-18(6-2)11-15(14(16)19,13-8-9-13)17-12(3)4/h12-13,17H,5-11H2,1-4H3,(H2,16,19). The first-order valence-corrected chi connectivity index (χ1v) is 7.76. The molecule has 4 heteroatoms. The Bertz CT molecular complexity index is 289. The molecule has 19 heavy (non-hydrogen) atoms. The minimum Gasteiger partial charge on any atom is -0.368 e. The molecule has 3 N–H and O–H groups in total. The SMILES string of the molecule is CCCCN(CC)CC(NC(C)C)(C(N)=O)C1CC1. The number of nitrogens with one attached hydrogen (secondary N) is 1. The molecule has 1 atom stereocenters. The summed E-state index contributed by atoms with van der Waals surface area (Å²) in [4.78, 5) is 14.5. The normalized spacial score (nSPS) is 18.8. The van der Waals surface area contributed by atoms with Crippen molar-refractivity contribution in [3.63, 3.8) is 0 Å². The van der Waals surface area contributed by atoms with Crippen molar-refractivity contribution >= 4 is 5.91 Å². The molecule has 0 saturated heterocycles. The molecule has 0 aromatic carbocycles. The number of primary amides is 1. The summed E-state index contributed by atoms with van der Waals surface area (Å²) in [6.45, 7) is 11.3. The van der Waals surface area contributed by atoms with Crippen molar-refractivity contribution in [1.29, 1.82) is 0 Å². The number of hydrogen-bond donors (Lipinski definition) is 2. The fourth-order valence-electron chi connectivity index (χ4n) is 2.82. The van der Waals surface area contributed by atoms with Gasteiger partial charge >= 0.3 is 0 Å². The van der Waals surface area contributed by atoms with Gasteiger partial charge in [0, 0.05) is 12.6 Å². The Kier molecular flexibility index (Phi) is 6.27. The Morgan fingerprint density at radius 1 is 1.42 bits per heavy atom. The van der Waals surface area contributed by atoms with Crippen LogP contribution in [0.25, 0.3) is 0 Å². The summed E-state index contributed by atoms with van der Waals surface area (Å²) in [5, 5.41) is 3.48. The molecule has 0 radical (unpaired) electrons. The van der Waals surface area contributed by atoms with E-state index in [9.17, 15) is 4.79 Å². The van der Waals surface area contributed by atoms with E-state index in [0.29, 0.717) is 5.92 Å². The predicted octanol–water partition coefficient (Wildman–Crippen LogP) is 1.74. The third-order valence-electron chi connectivity index (χ3n) is 4.01. The number of carbonyl (C=O) groups excluding carboxylic acids is 1. The molecule has 4 nitrogen and oxygen atoms in total. The van der Waals surface area contributed by atoms with Gasteiger partial charge in [0.1, 0.15) is 5.54 Å². The smallest absolute Gasteiger partial charge is 0.239 e. The molecule has 1 aliphatic rings. The van der Waals surface area contributed by atoms with Crippen molar-refractivity contribution in [2.45, 2.75) is 65.0 Å². The first-order valence-electron chi connectivity index (χ1n) is 7.76. The van der Waals surface area contributed by atoms with E-state index < -0.39 is 5.54 Å². The van der Waals surface area contributed by atoms with Crippen molar-refractivity contribution in [3.8, 4) is 0 Å². The Balaban J connectivity index is 2.79. The number of amides is 1. The molecule has 0 bridgehead atoms. The Morgan fingerprint density at radius 3 is 2.42 bits per heavy atom. The van der Waals surface area contributed by atoms with Crippen LogP contribution in [-0.2, 0) is 4.79 Å². The lowest BCUT2D eigenvalue weighted by molar-refractivity contribution is -0.126.